The molecule has 0 fully saturated rings. The highest BCUT2D eigenvalue weighted by atomic mass is 16.5. The Balaban J connectivity index is 2.68. The van der Waals surface area contributed by atoms with Crippen molar-refractivity contribution in [2.24, 2.45) is 0 Å². The second-order valence-electron chi connectivity index (χ2n) is 4.78. The number of aliphatic hydroxyl groups is 2. The van der Waals surface area contributed by atoms with Crippen LogP contribution in [0.4, 0.5) is 0 Å². The zero-order chi connectivity index (χ0) is 15.4. The van der Waals surface area contributed by atoms with E-state index >= 15 is 0 Å². The minimum Gasteiger partial charge on any atom is -0.496 e. The third-order valence-corrected chi connectivity index (χ3v) is 3.34. The largest absolute Gasteiger partial charge is 0.496 e. The smallest absolute Gasteiger partial charge is 0.343 e. The molecule has 0 aliphatic carbocycles. The summed E-state index contributed by atoms with van der Waals surface area (Å²) in [6.45, 7) is 1.47. The first-order valence-corrected chi connectivity index (χ1v) is 6.60. The maximum absolute atomic E-state index is 11.9. The summed E-state index contributed by atoms with van der Waals surface area (Å²) in [6, 6.07) is 5.01. The molecule has 2 rings (SSSR count). The fraction of sp³-hybridized carbons (Fsp3) is 0.312. The minimum atomic E-state index is -0.483. The van der Waals surface area contributed by atoms with Gasteiger partial charge in [-0.25, -0.2) is 4.79 Å². The molecule has 0 atom stereocenters. The van der Waals surface area contributed by atoms with Gasteiger partial charge in [-0.3, -0.25) is 0 Å². The Morgan fingerprint density at radius 1 is 1.33 bits per heavy atom. The van der Waals surface area contributed by atoms with Crippen molar-refractivity contribution in [3.63, 3.8) is 0 Å². The predicted octanol–water partition coefficient (Wildman–Crippen LogP) is 1.77. The number of aliphatic hydroxyl groups excluding tert-OH is 2. The minimum absolute atomic E-state index is 0.0168. The van der Waals surface area contributed by atoms with Gasteiger partial charge in [0.25, 0.3) is 0 Å². The van der Waals surface area contributed by atoms with E-state index in [-0.39, 0.29) is 19.0 Å². The van der Waals surface area contributed by atoms with Crippen molar-refractivity contribution < 1.29 is 19.4 Å². The molecule has 0 saturated heterocycles. The number of ether oxygens (including phenoxy) is 1. The number of allylic oxidation sites excluding steroid dienone is 1. The molecule has 21 heavy (non-hydrogen) atoms. The summed E-state index contributed by atoms with van der Waals surface area (Å²) >= 11 is 0. The van der Waals surface area contributed by atoms with E-state index in [1.54, 1.807) is 25.3 Å². The first-order valence-electron chi connectivity index (χ1n) is 6.60. The molecule has 1 aromatic carbocycles. The van der Waals surface area contributed by atoms with E-state index in [2.05, 4.69) is 0 Å². The van der Waals surface area contributed by atoms with Crippen LogP contribution in [0.1, 0.15) is 18.2 Å². The highest BCUT2D eigenvalue weighted by Crippen LogP contribution is 2.28. The molecule has 0 unspecified atom stereocenters. The van der Waals surface area contributed by atoms with Gasteiger partial charge < -0.3 is 19.4 Å². The van der Waals surface area contributed by atoms with Crippen molar-refractivity contribution in [2.45, 2.75) is 20.0 Å². The molecule has 112 valence electrons. The van der Waals surface area contributed by atoms with E-state index in [0.29, 0.717) is 22.9 Å². The second-order valence-corrected chi connectivity index (χ2v) is 4.78. The van der Waals surface area contributed by atoms with Crippen molar-refractivity contribution >= 4 is 10.8 Å². The second kappa shape index (κ2) is 6.56. The Morgan fingerprint density at radius 3 is 2.71 bits per heavy atom. The molecular weight excluding hydrogens is 272 g/mol. The van der Waals surface area contributed by atoms with Gasteiger partial charge >= 0.3 is 5.63 Å². The molecule has 0 spiro atoms. The fourth-order valence-corrected chi connectivity index (χ4v) is 2.17. The van der Waals surface area contributed by atoms with E-state index < -0.39 is 5.63 Å². The SMILES string of the molecule is COc1ccc2c(=O)oc(CO)cc2c1C/C=C(\C)CO. The highest BCUT2D eigenvalue weighted by molar-refractivity contribution is 5.87. The molecule has 0 bridgehead atoms. The van der Waals surface area contributed by atoms with Crippen LogP contribution in [-0.2, 0) is 13.0 Å². The molecule has 1 heterocycles. The predicted molar refractivity (Wildman–Crippen MR) is 79.5 cm³/mol. The lowest BCUT2D eigenvalue weighted by Gasteiger charge is -2.11. The molecule has 0 aliphatic rings. The molecule has 2 N–H and O–H groups in total. The van der Waals surface area contributed by atoms with Crippen LogP contribution < -0.4 is 10.4 Å². The number of benzene rings is 1. The van der Waals surface area contributed by atoms with Gasteiger partial charge in [0.05, 0.1) is 19.1 Å². The molecular formula is C16H18O5. The molecule has 5 nitrogen and oxygen atoms in total. The fourth-order valence-electron chi connectivity index (χ4n) is 2.17. The summed E-state index contributed by atoms with van der Waals surface area (Å²) in [5.74, 6) is 0.865. The Labute approximate surface area is 122 Å². The number of rotatable bonds is 5. The van der Waals surface area contributed by atoms with E-state index in [1.807, 2.05) is 13.0 Å². The van der Waals surface area contributed by atoms with Crippen LogP contribution in [0.25, 0.3) is 10.8 Å². The van der Waals surface area contributed by atoms with Gasteiger partial charge in [0.2, 0.25) is 0 Å². The summed E-state index contributed by atoms with van der Waals surface area (Å²) in [5, 5.41) is 19.4. The van der Waals surface area contributed by atoms with E-state index in [9.17, 15) is 9.90 Å². The van der Waals surface area contributed by atoms with Gasteiger partial charge in [-0.05, 0) is 36.9 Å². The first kappa shape index (κ1) is 15.3. The highest BCUT2D eigenvalue weighted by Gasteiger charge is 2.12. The van der Waals surface area contributed by atoms with Crippen LogP contribution in [0, 0.1) is 0 Å². The van der Waals surface area contributed by atoms with E-state index in [4.69, 9.17) is 14.3 Å². The summed E-state index contributed by atoms with van der Waals surface area (Å²) in [6.07, 6.45) is 2.39. The van der Waals surface area contributed by atoms with Gasteiger partial charge in [-0.2, -0.15) is 0 Å². The van der Waals surface area contributed by atoms with Crippen LogP contribution in [0.15, 0.2) is 39.1 Å². The first-order chi connectivity index (χ1) is 10.1. The third-order valence-electron chi connectivity index (χ3n) is 3.34. The Hall–Kier alpha value is -2.11. The summed E-state index contributed by atoms with van der Waals surface area (Å²) in [7, 11) is 1.56. The number of hydrogen-bond donors (Lipinski definition) is 2. The van der Waals surface area contributed by atoms with Crippen molar-refractivity contribution in [1.29, 1.82) is 0 Å². The van der Waals surface area contributed by atoms with Crippen molar-refractivity contribution in [2.75, 3.05) is 13.7 Å². The average molecular weight is 290 g/mol. The maximum Gasteiger partial charge on any atom is 0.343 e. The standard InChI is InChI=1S/C16H18O5/c1-10(8-17)3-4-12-14-7-11(9-18)21-16(19)13(14)5-6-15(12)20-2/h3,5-7,17-18H,4,8-9H2,1-2H3/b10-3+. The molecule has 0 aliphatic heterocycles. The molecule has 0 saturated carbocycles. The third kappa shape index (κ3) is 3.15. The topological polar surface area (TPSA) is 79.9 Å². The van der Waals surface area contributed by atoms with Gasteiger partial charge in [-0.1, -0.05) is 11.6 Å². The van der Waals surface area contributed by atoms with Crippen LogP contribution in [0.3, 0.4) is 0 Å². The molecule has 0 amide bonds. The summed E-state index contributed by atoms with van der Waals surface area (Å²) in [5.41, 5.74) is 1.17. The zero-order valence-corrected chi connectivity index (χ0v) is 12.0. The zero-order valence-electron chi connectivity index (χ0n) is 12.0. The van der Waals surface area contributed by atoms with Gasteiger partial charge in [-0.15, -0.1) is 0 Å². The Bertz CT molecular complexity index is 727. The van der Waals surface area contributed by atoms with E-state index in [0.717, 1.165) is 11.1 Å². The van der Waals surface area contributed by atoms with Crippen LogP contribution in [0.5, 0.6) is 5.75 Å². The molecule has 0 radical (unpaired) electrons. The quantitative estimate of drug-likeness (QED) is 0.820. The lowest BCUT2D eigenvalue weighted by atomic mass is 10.0. The van der Waals surface area contributed by atoms with Crippen molar-refractivity contribution in [3.8, 4) is 5.75 Å². The van der Waals surface area contributed by atoms with Crippen LogP contribution >= 0.6 is 0 Å². The summed E-state index contributed by atoms with van der Waals surface area (Å²) < 4.78 is 10.4. The van der Waals surface area contributed by atoms with Crippen LogP contribution in [0.2, 0.25) is 0 Å². The number of methoxy groups -OCH3 is 1. The van der Waals surface area contributed by atoms with Crippen molar-refractivity contribution in [1.82, 2.24) is 0 Å². The number of hydrogen-bond acceptors (Lipinski definition) is 5. The Kier molecular flexibility index (Phi) is 4.77. The number of fused-ring (bicyclic) bond motifs is 1. The molecule has 2 aromatic rings. The lowest BCUT2D eigenvalue weighted by Crippen LogP contribution is -2.05. The lowest BCUT2D eigenvalue weighted by molar-refractivity contribution is 0.241. The average Bonchev–Trinajstić information content (AvgIpc) is 2.51. The van der Waals surface area contributed by atoms with Gasteiger partial charge in [0, 0.05) is 5.56 Å². The monoisotopic (exact) mass is 290 g/mol. The summed E-state index contributed by atoms with van der Waals surface area (Å²) in [4.78, 5) is 11.9. The Morgan fingerprint density at radius 2 is 2.10 bits per heavy atom. The van der Waals surface area contributed by atoms with E-state index in [1.165, 1.54) is 0 Å². The maximum atomic E-state index is 11.9. The van der Waals surface area contributed by atoms with Crippen LogP contribution in [-0.4, -0.2) is 23.9 Å². The molecule has 1 aromatic heterocycles. The van der Waals surface area contributed by atoms with Gasteiger partial charge in [0.1, 0.15) is 18.1 Å². The van der Waals surface area contributed by atoms with Gasteiger partial charge in [0.15, 0.2) is 0 Å². The molecule has 5 heteroatoms. The van der Waals surface area contributed by atoms with Crippen molar-refractivity contribution in [3.05, 3.63) is 51.6 Å². The normalized spacial score (nSPS) is 11.9.